The molecule has 0 amide bonds. The number of piperazine rings is 1. The average molecular weight is 285 g/mol. The van der Waals surface area contributed by atoms with Crippen LogP contribution in [0.15, 0.2) is 0 Å². The van der Waals surface area contributed by atoms with Crippen LogP contribution in [0.2, 0.25) is 0 Å². The Labute approximate surface area is 120 Å². The van der Waals surface area contributed by atoms with E-state index >= 15 is 0 Å². The van der Waals surface area contributed by atoms with E-state index in [0.29, 0.717) is 0 Å². The summed E-state index contributed by atoms with van der Waals surface area (Å²) in [5, 5.41) is 1.27. The highest BCUT2D eigenvalue weighted by atomic mass is 32.1. The van der Waals surface area contributed by atoms with Crippen molar-refractivity contribution >= 4 is 24.0 Å². The molecule has 0 unspecified atom stereocenters. The van der Waals surface area contributed by atoms with Gasteiger partial charge in [-0.3, -0.25) is 0 Å². The first-order valence-corrected chi connectivity index (χ1v) is 8.18. The summed E-state index contributed by atoms with van der Waals surface area (Å²) in [6.45, 7) is 11.5. The van der Waals surface area contributed by atoms with Crippen molar-refractivity contribution in [2.24, 2.45) is 0 Å². The second kappa shape index (κ2) is 6.89. The van der Waals surface area contributed by atoms with Crippen molar-refractivity contribution in [2.75, 3.05) is 39.3 Å². The van der Waals surface area contributed by atoms with E-state index < -0.39 is 0 Å². The van der Waals surface area contributed by atoms with Gasteiger partial charge in [0.15, 0.2) is 0 Å². The summed E-state index contributed by atoms with van der Waals surface area (Å²) in [5.74, 6) is 0.818. The molecule has 0 radical (unpaired) electrons. The van der Waals surface area contributed by atoms with Crippen LogP contribution in [-0.2, 0) is 12.2 Å². The van der Waals surface area contributed by atoms with E-state index in [2.05, 4.69) is 41.3 Å². The molecule has 0 bridgehead atoms. The molecule has 0 N–H and O–H groups in total. The van der Waals surface area contributed by atoms with Crippen LogP contribution in [0.4, 0.5) is 0 Å². The van der Waals surface area contributed by atoms with E-state index in [1.54, 1.807) is 0 Å². The highest BCUT2D eigenvalue weighted by molar-refractivity contribution is 7.79. The zero-order chi connectivity index (χ0) is 13.0. The molecule has 0 saturated carbocycles. The predicted molar refractivity (Wildman–Crippen MR) is 81.8 cm³/mol. The molecule has 5 heteroatoms. The van der Waals surface area contributed by atoms with Crippen LogP contribution in [-0.4, -0.2) is 54.1 Å². The Morgan fingerprint density at radius 3 is 2.44 bits per heavy atom. The number of thiazole rings is 1. The van der Waals surface area contributed by atoms with Gasteiger partial charge in [0.25, 0.3) is 0 Å². The number of thiol groups is 1. The lowest BCUT2D eigenvalue weighted by atomic mass is 10.3. The molecule has 102 valence electrons. The predicted octanol–water partition coefficient (Wildman–Crippen LogP) is 2.06. The van der Waals surface area contributed by atoms with Gasteiger partial charge in [0.1, 0.15) is 0 Å². The lowest BCUT2D eigenvalue weighted by Gasteiger charge is -2.33. The Balaban J connectivity index is 1.77. The maximum atomic E-state index is 4.63. The molecule has 1 saturated heterocycles. The summed E-state index contributed by atoms with van der Waals surface area (Å²) < 4.78 is 0. The molecule has 18 heavy (non-hydrogen) atoms. The number of likely N-dealkylation sites (N-methyl/N-ethyl adjacent to an activating group) is 1. The molecule has 2 rings (SSSR count). The van der Waals surface area contributed by atoms with Gasteiger partial charge in [-0.2, -0.15) is 12.6 Å². The summed E-state index contributed by atoms with van der Waals surface area (Å²) in [6, 6.07) is 0. The molecular weight excluding hydrogens is 262 g/mol. The minimum absolute atomic E-state index is 0.818. The lowest BCUT2D eigenvalue weighted by Crippen LogP contribution is -2.46. The Kier molecular flexibility index (Phi) is 5.48. The number of aromatic nitrogens is 1. The smallest absolute Gasteiger partial charge is 0.0944 e. The summed E-state index contributed by atoms with van der Waals surface area (Å²) in [6.07, 6.45) is 1.09. The summed E-state index contributed by atoms with van der Waals surface area (Å²) in [7, 11) is 0. The molecular formula is C13H23N3S2. The molecule has 0 aromatic carbocycles. The molecule has 0 aliphatic carbocycles. The molecule has 1 aliphatic rings. The molecule has 2 heterocycles. The maximum Gasteiger partial charge on any atom is 0.0944 e. The molecule has 1 aliphatic heterocycles. The standard InChI is InChI=1S/C13H23N3S2/c1-3-15-6-8-16(9-7-15)5-4-13-14-11(2)12(10-17)18-13/h17H,3-10H2,1-2H3. The van der Waals surface area contributed by atoms with Crippen LogP contribution in [0.5, 0.6) is 0 Å². The quantitative estimate of drug-likeness (QED) is 0.836. The molecule has 1 aromatic heterocycles. The van der Waals surface area contributed by atoms with Crippen molar-refractivity contribution in [1.82, 2.24) is 14.8 Å². The molecule has 1 aromatic rings. The Bertz CT molecular complexity index is 370. The number of hydrogen-bond donors (Lipinski definition) is 1. The first-order valence-electron chi connectivity index (χ1n) is 6.73. The van der Waals surface area contributed by atoms with Crippen molar-refractivity contribution in [3.05, 3.63) is 15.6 Å². The van der Waals surface area contributed by atoms with Gasteiger partial charge in [0.2, 0.25) is 0 Å². The molecule has 1 fully saturated rings. The van der Waals surface area contributed by atoms with E-state index in [0.717, 1.165) is 18.7 Å². The van der Waals surface area contributed by atoms with Crippen LogP contribution in [0.25, 0.3) is 0 Å². The lowest BCUT2D eigenvalue weighted by molar-refractivity contribution is 0.138. The van der Waals surface area contributed by atoms with Crippen molar-refractivity contribution in [3.63, 3.8) is 0 Å². The fourth-order valence-electron chi connectivity index (χ4n) is 2.32. The fourth-order valence-corrected chi connectivity index (χ4v) is 3.67. The second-order valence-corrected chi connectivity index (χ2v) is 6.28. The van der Waals surface area contributed by atoms with Crippen LogP contribution in [0.1, 0.15) is 22.5 Å². The number of rotatable bonds is 5. The van der Waals surface area contributed by atoms with Gasteiger partial charge >= 0.3 is 0 Å². The number of hydrogen-bond acceptors (Lipinski definition) is 5. The van der Waals surface area contributed by atoms with E-state index in [4.69, 9.17) is 0 Å². The van der Waals surface area contributed by atoms with E-state index in [9.17, 15) is 0 Å². The van der Waals surface area contributed by atoms with Crippen molar-refractivity contribution in [2.45, 2.75) is 26.0 Å². The van der Waals surface area contributed by atoms with Gasteiger partial charge in [0.05, 0.1) is 10.7 Å². The Hall–Kier alpha value is -0.100. The number of aryl methyl sites for hydroxylation is 1. The first kappa shape index (κ1) is 14.3. The van der Waals surface area contributed by atoms with Gasteiger partial charge in [-0.1, -0.05) is 6.92 Å². The summed E-state index contributed by atoms with van der Waals surface area (Å²) >= 11 is 6.17. The molecule has 3 nitrogen and oxygen atoms in total. The molecule has 0 spiro atoms. The third-order valence-electron chi connectivity index (χ3n) is 3.63. The van der Waals surface area contributed by atoms with Gasteiger partial charge in [-0.05, 0) is 13.5 Å². The highest BCUT2D eigenvalue weighted by Crippen LogP contribution is 2.20. The third-order valence-corrected chi connectivity index (χ3v) is 5.38. The van der Waals surface area contributed by atoms with E-state index in [-0.39, 0.29) is 0 Å². The zero-order valence-electron chi connectivity index (χ0n) is 11.4. The monoisotopic (exact) mass is 285 g/mol. The van der Waals surface area contributed by atoms with E-state index in [1.807, 2.05) is 11.3 Å². The zero-order valence-corrected chi connectivity index (χ0v) is 13.1. The maximum absolute atomic E-state index is 4.63. The van der Waals surface area contributed by atoms with Crippen LogP contribution < -0.4 is 0 Å². The molecule has 0 atom stereocenters. The number of nitrogens with zero attached hydrogens (tertiary/aromatic N) is 3. The van der Waals surface area contributed by atoms with Gasteiger partial charge in [0, 0.05) is 49.8 Å². The van der Waals surface area contributed by atoms with Gasteiger partial charge in [-0.25, -0.2) is 4.98 Å². The Morgan fingerprint density at radius 1 is 1.22 bits per heavy atom. The minimum atomic E-state index is 0.818. The normalized spacial score (nSPS) is 18.4. The highest BCUT2D eigenvalue weighted by Gasteiger charge is 2.15. The van der Waals surface area contributed by atoms with Crippen molar-refractivity contribution in [1.29, 1.82) is 0 Å². The van der Waals surface area contributed by atoms with Crippen LogP contribution in [0, 0.1) is 6.92 Å². The van der Waals surface area contributed by atoms with Gasteiger partial charge in [-0.15, -0.1) is 11.3 Å². The third kappa shape index (κ3) is 3.70. The minimum Gasteiger partial charge on any atom is -0.301 e. The average Bonchev–Trinajstić information content (AvgIpc) is 2.77. The second-order valence-electron chi connectivity index (χ2n) is 4.80. The van der Waals surface area contributed by atoms with Crippen molar-refractivity contribution in [3.8, 4) is 0 Å². The fraction of sp³-hybridized carbons (Fsp3) is 0.769. The SMILES string of the molecule is CCN1CCN(CCc2nc(C)c(CS)s2)CC1. The first-order chi connectivity index (χ1) is 8.72. The van der Waals surface area contributed by atoms with Gasteiger partial charge < -0.3 is 9.80 Å². The Morgan fingerprint density at radius 2 is 1.89 bits per heavy atom. The summed E-state index contributed by atoms with van der Waals surface area (Å²) in [4.78, 5) is 11.0. The van der Waals surface area contributed by atoms with Crippen molar-refractivity contribution < 1.29 is 0 Å². The topological polar surface area (TPSA) is 19.4 Å². The van der Waals surface area contributed by atoms with Crippen LogP contribution >= 0.6 is 24.0 Å². The van der Waals surface area contributed by atoms with Crippen LogP contribution in [0.3, 0.4) is 0 Å². The largest absolute Gasteiger partial charge is 0.301 e. The van der Waals surface area contributed by atoms with E-state index in [1.165, 1.54) is 48.3 Å². The summed E-state index contributed by atoms with van der Waals surface area (Å²) in [5.41, 5.74) is 1.17.